The van der Waals surface area contributed by atoms with Crippen molar-refractivity contribution in [3.63, 3.8) is 0 Å². The monoisotopic (exact) mass is 309 g/mol. The number of rotatable bonds is 5. The zero-order valence-corrected chi connectivity index (χ0v) is 11.8. The Kier molecular flexibility index (Phi) is 4.53. The lowest BCUT2D eigenvalue weighted by Crippen LogP contribution is -2.29. The molecular formula is C14H16BrNO2. The highest BCUT2D eigenvalue weighted by atomic mass is 79.9. The molecule has 0 aliphatic carbocycles. The van der Waals surface area contributed by atoms with Gasteiger partial charge in [-0.2, -0.15) is 0 Å². The van der Waals surface area contributed by atoms with Gasteiger partial charge in [-0.15, -0.1) is 0 Å². The van der Waals surface area contributed by atoms with Crippen LogP contribution in [0.1, 0.15) is 31.2 Å². The first-order valence-corrected chi connectivity index (χ1v) is 7.04. The second kappa shape index (κ2) is 6.14. The number of benzene rings is 1. The first-order valence-electron chi connectivity index (χ1n) is 6.24. The zero-order valence-electron chi connectivity index (χ0n) is 10.2. The van der Waals surface area contributed by atoms with Gasteiger partial charge in [0, 0.05) is 23.9 Å². The number of hydrogen-bond acceptors (Lipinski definition) is 2. The Morgan fingerprint density at radius 2 is 1.61 bits per heavy atom. The van der Waals surface area contributed by atoms with E-state index in [0.717, 1.165) is 23.7 Å². The third kappa shape index (κ3) is 3.42. The molecule has 0 radical (unpaired) electrons. The number of unbranched alkanes of at least 4 members (excludes halogenated alkanes) is 1. The summed E-state index contributed by atoms with van der Waals surface area (Å²) in [5.74, 6) is -0.0210. The van der Waals surface area contributed by atoms with E-state index < -0.39 is 0 Å². The molecule has 0 spiro atoms. The predicted octanol–water partition coefficient (Wildman–Crippen LogP) is 2.92. The Balaban J connectivity index is 1.71. The fourth-order valence-electron chi connectivity index (χ4n) is 2.12. The normalized spacial score (nSPS) is 15.5. The Bertz CT molecular complexity index is 426. The number of halogens is 1. The van der Waals surface area contributed by atoms with Crippen LogP contribution in [0.4, 0.5) is 0 Å². The summed E-state index contributed by atoms with van der Waals surface area (Å²) in [6.45, 7) is 0.578. The molecular weight excluding hydrogens is 294 g/mol. The molecule has 1 heterocycles. The van der Waals surface area contributed by atoms with Crippen LogP contribution in [0.3, 0.4) is 0 Å². The summed E-state index contributed by atoms with van der Waals surface area (Å²) < 4.78 is 1.08. The molecule has 1 fully saturated rings. The number of carbonyl (C=O) groups is 2. The van der Waals surface area contributed by atoms with Crippen molar-refractivity contribution in [3.05, 3.63) is 34.3 Å². The van der Waals surface area contributed by atoms with Crippen molar-refractivity contribution in [2.45, 2.75) is 32.1 Å². The molecule has 3 nitrogen and oxygen atoms in total. The lowest BCUT2D eigenvalue weighted by atomic mass is 10.1. The van der Waals surface area contributed by atoms with Gasteiger partial charge in [0.2, 0.25) is 11.8 Å². The van der Waals surface area contributed by atoms with E-state index in [1.165, 1.54) is 10.5 Å². The van der Waals surface area contributed by atoms with Crippen LogP contribution < -0.4 is 0 Å². The largest absolute Gasteiger partial charge is 0.283 e. The summed E-state index contributed by atoms with van der Waals surface area (Å²) in [5.41, 5.74) is 1.29. The van der Waals surface area contributed by atoms with E-state index in [9.17, 15) is 9.59 Å². The molecule has 0 unspecified atom stereocenters. The summed E-state index contributed by atoms with van der Waals surface area (Å²) in [7, 11) is 0. The van der Waals surface area contributed by atoms with Crippen molar-refractivity contribution in [3.8, 4) is 0 Å². The minimum atomic E-state index is -0.0105. The summed E-state index contributed by atoms with van der Waals surface area (Å²) in [6.07, 6.45) is 3.66. The molecule has 1 aliphatic heterocycles. The van der Waals surface area contributed by atoms with E-state index in [1.807, 2.05) is 12.1 Å². The maximum Gasteiger partial charge on any atom is 0.229 e. The van der Waals surface area contributed by atoms with Crippen LogP contribution in [0, 0.1) is 0 Å². The van der Waals surface area contributed by atoms with Crippen molar-refractivity contribution in [2.24, 2.45) is 0 Å². The second-order valence-electron chi connectivity index (χ2n) is 4.52. The van der Waals surface area contributed by atoms with E-state index in [2.05, 4.69) is 28.1 Å². The van der Waals surface area contributed by atoms with Gasteiger partial charge >= 0.3 is 0 Å². The number of hydrogen-bond donors (Lipinski definition) is 0. The molecule has 1 aromatic carbocycles. The average molecular weight is 310 g/mol. The molecule has 4 heteroatoms. The molecule has 18 heavy (non-hydrogen) atoms. The third-order valence-electron chi connectivity index (χ3n) is 3.17. The minimum absolute atomic E-state index is 0.0105. The predicted molar refractivity (Wildman–Crippen MR) is 73.0 cm³/mol. The first kappa shape index (κ1) is 13.3. The Morgan fingerprint density at radius 1 is 1.00 bits per heavy atom. The number of carbonyl (C=O) groups excluding carboxylic acids is 2. The van der Waals surface area contributed by atoms with Crippen LogP contribution in [0.25, 0.3) is 0 Å². The van der Waals surface area contributed by atoms with E-state index >= 15 is 0 Å². The molecule has 0 N–H and O–H groups in total. The molecule has 1 aromatic rings. The van der Waals surface area contributed by atoms with E-state index in [4.69, 9.17) is 0 Å². The second-order valence-corrected chi connectivity index (χ2v) is 5.44. The first-order chi connectivity index (χ1) is 8.66. The fourth-order valence-corrected chi connectivity index (χ4v) is 2.39. The third-order valence-corrected chi connectivity index (χ3v) is 3.69. The van der Waals surface area contributed by atoms with E-state index in [1.54, 1.807) is 0 Å². The molecule has 96 valence electrons. The fraction of sp³-hybridized carbons (Fsp3) is 0.429. The van der Waals surface area contributed by atoms with E-state index in [-0.39, 0.29) is 11.8 Å². The summed E-state index contributed by atoms with van der Waals surface area (Å²) >= 11 is 3.40. The standard InChI is InChI=1S/C14H16BrNO2/c15-12-6-4-11(5-7-12)3-1-2-10-16-13(17)8-9-14(16)18/h4-7H,1-3,8-10H2. The quantitative estimate of drug-likeness (QED) is 0.619. The molecule has 0 bridgehead atoms. The Labute approximate surface area is 115 Å². The molecule has 1 saturated heterocycles. The van der Waals surface area contributed by atoms with Crippen LogP contribution in [-0.4, -0.2) is 23.3 Å². The molecule has 0 aromatic heterocycles. The Hall–Kier alpha value is -1.16. The SMILES string of the molecule is O=C1CCC(=O)N1CCCCc1ccc(Br)cc1. The topological polar surface area (TPSA) is 37.4 Å². The van der Waals surface area contributed by atoms with Gasteiger partial charge in [0.1, 0.15) is 0 Å². The molecule has 2 rings (SSSR count). The summed E-state index contributed by atoms with van der Waals surface area (Å²) in [5, 5.41) is 0. The molecule has 2 amide bonds. The van der Waals surface area contributed by atoms with Crippen molar-refractivity contribution in [1.29, 1.82) is 0 Å². The van der Waals surface area contributed by atoms with Crippen LogP contribution in [-0.2, 0) is 16.0 Å². The highest BCUT2D eigenvalue weighted by Gasteiger charge is 2.27. The number of likely N-dealkylation sites (tertiary alicyclic amines) is 1. The van der Waals surface area contributed by atoms with Crippen molar-refractivity contribution < 1.29 is 9.59 Å². The highest BCUT2D eigenvalue weighted by molar-refractivity contribution is 9.10. The average Bonchev–Trinajstić information content (AvgIpc) is 2.68. The highest BCUT2D eigenvalue weighted by Crippen LogP contribution is 2.15. The van der Waals surface area contributed by atoms with Gasteiger partial charge in [-0.3, -0.25) is 14.5 Å². The van der Waals surface area contributed by atoms with Crippen molar-refractivity contribution in [2.75, 3.05) is 6.54 Å². The summed E-state index contributed by atoms with van der Waals surface area (Å²) in [4.78, 5) is 24.2. The van der Waals surface area contributed by atoms with Gasteiger partial charge in [0.25, 0.3) is 0 Å². The molecule has 0 atom stereocenters. The lowest BCUT2D eigenvalue weighted by molar-refractivity contribution is -0.138. The number of nitrogens with zero attached hydrogens (tertiary/aromatic N) is 1. The van der Waals surface area contributed by atoms with Gasteiger partial charge in [-0.1, -0.05) is 28.1 Å². The lowest BCUT2D eigenvalue weighted by Gasteiger charge is -2.13. The number of amides is 2. The van der Waals surface area contributed by atoms with Crippen molar-refractivity contribution in [1.82, 2.24) is 4.90 Å². The van der Waals surface area contributed by atoms with Gasteiger partial charge in [-0.05, 0) is 37.0 Å². The minimum Gasteiger partial charge on any atom is -0.283 e. The maximum atomic E-state index is 11.4. The molecule has 1 aliphatic rings. The Morgan fingerprint density at radius 3 is 2.22 bits per heavy atom. The van der Waals surface area contributed by atoms with Gasteiger partial charge in [0.15, 0.2) is 0 Å². The van der Waals surface area contributed by atoms with Gasteiger partial charge in [-0.25, -0.2) is 0 Å². The molecule has 0 saturated carbocycles. The van der Waals surface area contributed by atoms with Crippen LogP contribution in [0.5, 0.6) is 0 Å². The van der Waals surface area contributed by atoms with Gasteiger partial charge < -0.3 is 0 Å². The smallest absolute Gasteiger partial charge is 0.229 e. The van der Waals surface area contributed by atoms with Crippen LogP contribution in [0.2, 0.25) is 0 Å². The number of aryl methyl sites for hydroxylation is 1. The maximum absolute atomic E-state index is 11.4. The number of imide groups is 1. The zero-order chi connectivity index (χ0) is 13.0. The van der Waals surface area contributed by atoms with Crippen molar-refractivity contribution >= 4 is 27.7 Å². The van der Waals surface area contributed by atoms with E-state index in [0.29, 0.717) is 19.4 Å². The van der Waals surface area contributed by atoms with Crippen LogP contribution in [0.15, 0.2) is 28.7 Å². The summed E-state index contributed by atoms with van der Waals surface area (Å²) in [6, 6.07) is 8.25. The van der Waals surface area contributed by atoms with Crippen LogP contribution >= 0.6 is 15.9 Å². The van der Waals surface area contributed by atoms with Gasteiger partial charge in [0.05, 0.1) is 0 Å².